The lowest BCUT2D eigenvalue weighted by atomic mass is 10.2. The third-order valence-corrected chi connectivity index (χ3v) is 3.81. The van der Waals surface area contributed by atoms with Crippen molar-refractivity contribution in [1.82, 2.24) is 15.3 Å². The Bertz CT molecular complexity index is 851. The summed E-state index contributed by atoms with van der Waals surface area (Å²) in [4.78, 5) is 19.6. The van der Waals surface area contributed by atoms with Gasteiger partial charge in [-0.15, -0.1) is 0 Å². The van der Waals surface area contributed by atoms with Crippen LogP contribution >= 0.6 is 0 Å². The molecule has 3 rings (SSSR count). The molecule has 0 fully saturated rings. The Morgan fingerprint density at radius 2 is 1.92 bits per heavy atom. The van der Waals surface area contributed by atoms with Gasteiger partial charge in [-0.25, -0.2) is 0 Å². The molecule has 0 unspecified atom stereocenters. The summed E-state index contributed by atoms with van der Waals surface area (Å²) in [6.07, 6.45) is 5.65. The Hall–Kier alpha value is -3.25. The zero-order valence-electron chi connectivity index (χ0n) is 14.3. The molecule has 2 heterocycles. The van der Waals surface area contributed by atoms with Gasteiger partial charge in [-0.2, -0.15) is 0 Å². The number of hydrogen-bond donors (Lipinski definition) is 2. The minimum atomic E-state index is -0.568. The van der Waals surface area contributed by atoms with E-state index in [4.69, 9.17) is 10.5 Å². The van der Waals surface area contributed by atoms with E-state index in [-0.39, 0.29) is 5.56 Å². The molecule has 6 nitrogen and oxygen atoms in total. The Morgan fingerprint density at radius 3 is 2.65 bits per heavy atom. The van der Waals surface area contributed by atoms with Crippen molar-refractivity contribution in [3.8, 4) is 11.5 Å². The van der Waals surface area contributed by atoms with E-state index in [1.807, 2.05) is 42.5 Å². The summed E-state index contributed by atoms with van der Waals surface area (Å²) in [7, 11) is 0. The Balaban J connectivity index is 1.51. The number of pyridine rings is 2. The SMILES string of the molecule is NC(=O)c1cnccc1Oc1ccc(CNCCc2ccccn2)cc1. The molecule has 0 aliphatic carbocycles. The highest BCUT2D eigenvalue weighted by Gasteiger charge is 2.10. The lowest BCUT2D eigenvalue weighted by Crippen LogP contribution is -2.17. The van der Waals surface area contributed by atoms with Gasteiger partial charge >= 0.3 is 0 Å². The van der Waals surface area contributed by atoms with Gasteiger partial charge in [-0.05, 0) is 35.9 Å². The molecule has 0 atom stereocenters. The van der Waals surface area contributed by atoms with Crippen LogP contribution in [0.2, 0.25) is 0 Å². The first-order valence-corrected chi connectivity index (χ1v) is 8.33. The number of nitrogens with one attached hydrogen (secondary N) is 1. The monoisotopic (exact) mass is 348 g/mol. The van der Waals surface area contributed by atoms with Crippen LogP contribution in [-0.4, -0.2) is 22.4 Å². The summed E-state index contributed by atoms with van der Waals surface area (Å²) in [6.45, 7) is 1.61. The Morgan fingerprint density at radius 1 is 1.08 bits per heavy atom. The normalized spacial score (nSPS) is 10.5. The van der Waals surface area contributed by atoms with Crippen LogP contribution in [-0.2, 0) is 13.0 Å². The molecule has 0 saturated carbocycles. The first-order valence-electron chi connectivity index (χ1n) is 8.33. The van der Waals surface area contributed by atoms with Gasteiger partial charge in [0.1, 0.15) is 17.1 Å². The second kappa shape index (κ2) is 8.73. The minimum absolute atomic E-state index is 0.257. The summed E-state index contributed by atoms with van der Waals surface area (Å²) in [6, 6.07) is 15.2. The maximum absolute atomic E-state index is 11.4. The van der Waals surface area contributed by atoms with E-state index >= 15 is 0 Å². The molecule has 0 radical (unpaired) electrons. The highest BCUT2D eigenvalue weighted by molar-refractivity contribution is 5.95. The van der Waals surface area contributed by atoms with E-state index in [1.54, 1.807) is 18.5 Å². The maximum atomic E-state index is 11.4. The van der Waals surface area contributed by atoms with Crippen molar-refractivity contribution in [2.24, 2.45) is 5.73 Å². The molecule has 2 aromatic heterocycles. The molecule has 0 bridgehead atoms. The van der Waals surface area contributed by atoms with Crippen molar-refractivity contribution in [3.63, 3.8) is 0 Å². The third-order valence-electron chi connectivity index (χ3n) is 3.81. The fourth-order valence-corrected chi connectivity index (χ4v) is 2.45. The van der Waals surface area contributed by atoms with Gasteiger partial charge in [0.2, 0.25) is 0 Å². The van der Waals surface area contributed by atoms with E-state index < -0.39 is 5.91 Å². The van der Waals surface area contributed by atoms with Crippen LogP contribution in [0, 0.1) is 0 Å². The summed E-state index contributed by atoms with van der Waals surface area (Å²) in [5.41, 5.74) is 7.81. The van der Waals surface area contributed by atoms with E-state index in [2.05, 4.69) is 15.3 Å². The predicted molar refractivity (Wildman–Crippen MR) is 98.9 cm³/mol. The smallest absolute Gasteiger partial charge is 0.254 e. The molecular formula is C20H20N4O2. The van der Waals surface area contributed by atoms with E-state index in [0.717, 1.165) is 30.8 Å². The molecule has 6 heteroatoms. The van der Waals surface area contributed by atoms with Gasteiger partial charge in [0.05, 0.1) is 0 Å². The number of nitrogens with two attached hydrogens (primary N) is 1. The molecule has 0 aliphatic heterocycles. The summed E-state index contributed by atoms with van der Waals surface area (Å²) in [5.74, 6) is 0.464. The molecule has 1 amide bonds. The van der Waals surface area contributed by atoms with Crippen LogP contribution in [0.25, 0.3) is 0 Å². The molecule has 26 heavy (non-hydrogen) atoms. The second-order valence-electron chi connectivity index (χ2n) is 5.73. The van der Waals surface area contributed by atoms with Gasteiger partial charge in [0.25, 0.3) is 5.91 Å². The largest absolute Gasteiger partial charge is 0.456 e. The molecule has 132 valence electrons. The average Bonchev–Trinajstić information content (AvgIpc) is 2.67. The summed E-state index contributed by atoms with van der Waals surface area (Å²) in [5, 5.41) is 3.39. The Kier molecular flexibility index (Phi) is 5.90. The number of nitrogens with zero attached hydrogens (tertiary/aromatic N) is 2. The van der Waals surface area contributed by atoms with Crippen molar-refractivity contribution in [2.45, 2.75) is 13.0 Å². The molecule has 1 aromatic carbocycles. The van der Waals surface area contributed by atoms with Crippen molar-refractivity contribution < 1.29 is 9.53 Å². The van der Waals surface area contributed by atoms with Crippen molar-refractivity contribution >= 4 is 5.91 Å². The lowest BCUT2D eigenvalue weighted by molar-refractivity contribution is 0.0997. The van der Waals surface area contributed by atoms with Crippen LogP contribution in [0.5, 0.6) is 11.5 Å². The molecule has 3 N–H and O–H groups in total. The number of hydrogen-bond acceptors (Lipinski definition) is 5. The van der Waals surface area contributed by atoms with Gasteiger partial charge in [-0.1, -0.05) is 18.2 Å². The number of ether oxygens (including phenoxy) is 1. The van der Waals surface area contributed by atoms with Gasteiger partial charge < -0.3 is 15.8 Å². The van der Waals surface area contributed by atoms with Crippen molar-refractivity contribution in [3.05, 3.63) is 83.9 Å². The minimum Gasteiger partial charge on any atom is -0.456 e. The second-order valence-corrected chi connectivity index (χ2v) is 5.73. The van der Waals surface area contributed by atoms with Gasteiger partial charge in [0.15, 0.2) is 0 Å². The maximum Gasteiger partial charge on any atom is 0.254 e. The fourth-order valence-electron chi connectivity index (χ4n) is 2.45. The first kappa shape index (κ1) is 17.6. The number of aromatic nitrogens is 2. The van der Waals surface area contributed by atoms with Crippen LogP contribution in [0.1, 0.15) is 21.6 Å². The van der Waals surface area contributed by atoms with Gasteiger partial charge in [-0.3, -0.25) is 14.8 Å². The topological polar surface area (TPSA) is 90.1 Å². The zero-order valence-corrected chi connectivity index (χ0v) is 14.3. The molecule has 3 aromatic rings. The van der Waals surface area contributed by atoms with Crippen LogP contribution in [0.15, 0.2) is 67.1 Å². The first-order chi connectivity index (χ1) is 12.7. The predicted octanol–water partition coefficient (Wildman–Crippen LogP) is 2.70. The van der Waals surface area contributed by atoms with Crippen molar-refractivity contribution in [2.75, 3.05) is 6.54 Å². The number of carbonyl (C=O) groups is 1. The fraction of sp³-hybridized carbons (Fsp3) is 0.150. The molecule has 0 saturated heterocycles. The lowest BCUT2D eigenvalue weighted by Gasteiger charge is -2.10. The van der Waals surface area contributed by atoms with Crippen molar-refractivity contribution in [1.29, 1.82) is 0 Å². The van der Waals surface area contributed by atoms with Crippen LogP contribution < -0.4 is 15.8 Å². The quantitative estimate of drug-likeness (QED) is 0.611. The van der Waals surface area contributed by atoms with E-state index in [9.17, 15) is 4.79 Å². The van der Waals surface area contributed by atoms with Crippen LogP contribution in [0.3, 0.4) is 0 Å². The number of carbonyl (C=O) groups excluding carboxylic acids is 1. The summed E-state index contributed by atoms with van der Waals surface area (Å²) >= 11 is 0. The Labute approximate surface area is 152 Å². The van der Waals surface area contributed by atoms with E-state index in [1.165, 1.54) is 6.20 Å². The summed E-state index contributed by atoms with van der Waals surface area (Å²) < 4.78 is 5.74. The number of benzene rings is 1. The van der Waals surface area contributed by atoms with E-state index in [0.29, 0.717) is 11.5 Å². The number of primary amides is 1. The van der Waals surface area contributed by atoms with Crippen LogP contribution in [0.4, 0.5) is 0 Å². The number of amides is 1. The third kappa shape index (κ3) is 4.87. The van der Waals surface area contributed by atoms with Gasteiger partial charge in [0, 0.05) is 43.8 Å². The average molecular weight is 348 g/mol. The number of rotatable bonds is 8. The zero-order chi connectivity index (χ0) is 18.2. The highest BCUT2D eigenvalue weighted by Crippen LogP contribution is 2.24. The molecular weight excluding hydrogens is 328 g/mol. The highest BCUT2D eigenvalue weighted by atomic mass is 16.5. The standard InChI is InChI=1S/C20H20N4O2/c21-20(25)18-14-23-12-9-19(18)26-17-6-4-15(5-7-17)13-22-11-8-16-3-1-2-10-24-16/h1-7,9-10,12,14,22H,8,11,13H2,(H2,21,25). The molecule has 0 aliphatic rings. The molecule has 0 spiro atoms.